The van der Waals surface area contributed by atoms with Gasteiger partial charge in [0.2, 0.25) is 0 Å². The van der Waals surface area contributed by atoms with Gasteiger partial charge in [0.1, 0.15) is 0 Å². The summed E-state index contributed by atoms with van der Waals surface area (Å²) in [5.74, 6) is 0.698. The van der Waals surface area contributed by atoms with Crippen LogP contribution in [0.25, 0.3) is 0 Å². The highest BCUT2D eigenvalue weighted by Gasteiger charge is 2.22. The maximum Gasteiger partial charge on any atom is 0.0948 e. The maximum absolute atomic E-state index is 4.39. The number of rotatable bonds is 18. The molecular weight excluding hydrogens is 364 g/mol. The maximum atomic E-state index is 4.39. The Balaban J connectivity index is 1.97. The molecule has 0 saturated carbocycles. The van der Waals surface area contributed by atoms with Gasteiger partial charge in [-0.2, -0.15) is 0 Å². The van der Waals surface area contributed by atoms with Crippen LogP contribution in [0.3, 0.4) is 0 Å². The molecule has 0 radical (unpaired) electrons. The fourth-order valence-corrected chi connectivity index (χ4v) is 4.76. The van der Waals surface area contributed by atoms with E-state index in [0.717, 1.165) is 0 Å². The summed E-state index contributed by atoms with van der Waals surface area (Å²) in [5, 5.41) is 0. The van der Waals surface area contributed by atoms with Crippen molar-refractivity contribution in [2.75, 3.05) is 0 Å². The topological polar surface area (TPSA) is 17.8 Å². The van der Waals surface area contributed by atoms with E-state index in [1.54, 1.807) is 0 Å². The summed E-state index contributed by atoms with van der Waals surface area (Å²) in [7, 11) is 0. The van der Waals surface area contributed by atoms with Gasteiger partial charge in [0.25, 0.3) is 0 Å². The van der Waals surface area contributed by atoms with Crippen molar-refractivity contribution >= 4 is 0 Å². The second-order valence-electron chi connectivity index (χ2n) is 9.14. The first-order chi connectivity index (χ1) is 14.8. The quantitative estimate of drug-likeness (QED) is 0.224. The van der Waals surface area contributed by atoms with E-state index in [4.69, 9.17) is 0 Å². The van der Waals surface area contributed by atoms with Crippen LogP contribution < -0.4 is 0 Å². The van der Waals surface area contributed by atoms with Crippen LogP contribution in [0.4, 0.5) is 0 Å². The number of nitrogens with zero attached hydrogens (tertiary/aromatic N) is 2. The fourth-order valence-electron chi connectivity index (χ4n) is 4.76. The number of benzene rings is 1. The van der Waals surface area contributed by atoms with Crippen LogP contribution in [0.1, 0.15) is 115 Å². The molecule has 1 heterocycles. The second kappa shape index (κ2) is 16.2. The van der Waals surface area contributed by atoms with Crippen LogP contribution >= 0.6 is 0 Å². The lowest BCUT2D eigenvalue weighted by atomic mass is 9.84. The van der Waals surface area contributed by atoms with Crippen molar-refractivity contribution in [2.24, 2.45) is 5.92 Å². The molecule has 0 saturated heterocycles. The van der Waals surface area contributed by atoms with Crippen molar-refractivity contribution in [3.63, 3.8) is 0 Å². The highest BCUT2D eigenvalue weighted by Crippen LogP contribution is 2.32. The summed E-state index contributed by atoms with van der Waals surface area (Å²) in [4.78, 5) is 4.39. The Kier molecular flexibility index (Phi) is 13.3. The molecule has 2 unspecified atom stereocenters. The zero-order valence-electron chi connectivity index (χ0n) is 19.8. The van der Waals surface area contributed by atoms with Gasteiger partial charge in [-0.15, -0.1) is 0 Å². The molecule has 2 heteroatoms. The van der Waals surface area contributed by atoms with Crippen LogP contribution in [0.15, 0.2) is 49.1 Å². The van der Waals surface area contributed by atoms with Gasteiger partial charge in [0, 0.05) is 18.4 Å². The van der Waals surface area contributed by atoms with Crippen LogP contribution in [-0.4, -0.2) is 9.55 Å². The van der Waals surface area contributed by atoms with Crippen LogP contribution in [0.5, 0.6) is 0 Å². The van der Waals surface area contributed by atoms with Gasteiger partial charge in [-0.25, -0.2) is 4.98 Å². The first-order valence-corrected chi connectivity index (χ1v) is 12.9. The lowest BCUT2D eigenvalue weighted by Crippen LogP contribution is -2.21. The number of aromatic nitrogens is 2. The van der Waals surface area contributed by atoms with Crippen molar-refractivity contribution < 1.29 is 0 Å². The van der Waals surface area contributed by atoms with E-state index in [1.165, 1.54) is 102 Å². The third kappa shape index (κ3) is 9.96. The number of imidazole rings is 1. The lowest BCUT2D eigenvalue weighted by molar-refractivity contribution is 0.275. The van der Waals surface area contributed by atoms with E-state index in [1.807, 2.05) is 6.20 Å². The molecule has 168 valence electrons. The van der Waals surface area contributed by atoms with E-state index in [0.29, 0.717) is 12.0 Å². The minimum Gasteiger partial charge on any atom is -0.334 e. The molecule has 0 N–H and O–H groups in total. The monoisotopic (exact) mass is 410 g/mol. The van der Waals surface area contributed by atoms with Crippen LogP contribution in [0, 0.1) is 5.92 Å². The van der Waals surface area contributed by atoms with Gasteiger partial charge in [-0.3, -0.25) is 0 Å². The first-order valence-electron chi connectivity index (χ1n) is 12.9. The average Bonchev–Trinajstić information content (AvgIpc) is 3.30. The molecule has 30 heavy (non-hydrogen) atoms. The fraction of sp³-hybridized carbons (Fsp3) is 0.679. The van der Waals surface area contributed by atoms with Crippen LogP contribution in [0.2, 0.25) is 0 Å². The number of hydrogen-bond acceptors (Lipinski definition) is 1. The van der Waals surface area contributed by atoms with Crippen molar-refractivity contribution in [1.29, 1.82) is 0 Å². The van der Waals surface area contributed by atoms with Crippen molar-refractivity contribution in [3.8, 4) is 0 Å². The SMILES string of the molecule is CCCCCCCCC(Cc1ccccc1)C(CCCCCCCC)n1ccnc1. The first kappa shape index (κ1) is 24.7. The molecule has 0 amide bonds. The van der Waals surface area contributed by atoms with Crippen molar-refractivity contribution in [1.82, 2.24) is 9.55 Å². The van der Waals surface area contributed by atoms with E-state index < -0.39 is 0 Å². The standard InChI is InChI=1S/C28H46N2/c1-3-5-7-9-11-16-20-27(24-26-18-14-13-15-19-26)28(30-23-22-29-25-30)21-17-12-10-8-6-4-2/h13-15,18-19,22-23,25,27-28H,3-12,16-17,20-21,24H2,1-2H3. The number of unbranched alkanes of at least 4 members (excludes halogenated alkanes) is 10. The predicted octanol–water partition coefficient (Wildman–Crippen LogP) is 8.78. The Morgan fingerprint density at radius 2 is 1.33 bits per heavy atom. The van der Waals surface area contributed by atoms with Crippen LogP contribution in [-0.2, 0) is 6.42 Å². The Labute approximate surface area is 186 Å². The Morgan fingerprint density at radius 1 is 0.733 bits per heavy atom. The van der Waals surface area contributed by atoms with E-state index in [2.05, 4.69) is 66.3 Å². The van der Waals surface area contributed by atoms with E-state index in [9.17, 15) is 0 Å². The normalized spacial score (nSPS) is 13.4. The Hall–Kier alpha value is -1.57. The summed E-state index contributed by atoms with van der Waals surface area (Å²) in [5.41, 5.74) is 1.49. The summed E-state index contributed by atoms with van der Waals surface area (Å²) < 4.78 is 2.41. The third-order valence-corrected chi connectivity index (χ3v) is 6.57. The van der Waals surface area contributed by atoms with Gasteiger partial charge in [0.05, 0.1) is 6.33 Å². The lowest BCUT2D eigenvalue weighted by Gasteiger charge is -2.29. The molecule has 1 aromatic carbocycles. The Morgan fingerprint density at radius 3 is 1.93 bits per heavy atom. The molecule has 2 atom stereocenters. The highest BCUT2D eigenvalue weighted by molar-refractivity contribution is 5.15. The van der Waals surface area contributed by atoms with Gasteiger partial charge in [0.15, 0.2) is 0 Å². The largest absolute Gasteiger partial charge is 0.334 e. The average molecular weight is 411 g/mol. The van der Waals surface area contributed by atoms with Gasteiger partial charge in [-0.05, 0) is 30.7 Å². The predicted molar refractivity (Wildman–Crippen MR) is 131 cm³/mol. The molecule has 2 aromatic rings. The smallest absolute Gasteiger partial charge is 0.0948 e. The molecule has 0 aliphatic carbocycles. The van der Waals surface area contributed by atoms with E-state index in [-0.39, 0.29) is 0 Å². The minimum absolute atomic E-state index is 0.578. The zero-order valence-corrected chi connectivity index (χ0v) is 19.8. The minimum atomic E-state index is 0.578. The van der Waals surface area contributed by atoms with Crippen molar-refractivity contribution in [3.05, 3.63) is 54.6 Å². The zero-order chi connectivity index (χ0) is 21.3. The molecule has 0 aliphatic rings. The molecule has 0 aliphatic heterocycles. The molecule has 0 bridgehead atoms. The highest BCUT2D eigenvalue weighted by atomic mass is 15.1. The summed E-state index contributed by atoms with van der Waals surface area (Å²) in [6.45, 7) is 4.60. The third-order valence-electron chi connectivity index (χ3n) is 6.57. The second-order valence-corrected chi connectivity index (χ2v) is 9.14. The molecule has 2 nitrogen and oxygen atoms in total. The molecule has 0 spiro atoms. The summed E-state index contributed by atoms with van der Waals surface area (Å²) >= 11 is 0. The van der Waals surface area contributed by atoms with E-state index >= 15 is 0 Å². The molecule has 0 fully saturated rings. The molecular formula is C28H46N2. The summed E-state index contributed by atoms with van der Waals surface area (Å²) in [6, 6.07) is 11.7. The Bertz CT molecular complexity index is 605. The number of hydrogen-bond donors (Lipinski definition) is 0. The van der Waals surface area contributed by atoms with Gasteiger partial charge < -0.3 is 4.57 Å². The van der Waals surface area contributed by atoms with Gasteiger partial charge >= 0.3 is 0 Å². The van der Waals surface area contributed by atoms with Crippen molar-refractivity contribution in [2.45, 2.75) is 116 Å². The molecule has 1 aromatic heterocycles. The molecule has 2 rings (SSSR count). The summed E-state index contributed by atoms with van der Waals surface area (Å²) in [6.07, 6.45) is 26.5. The van der Waals surface area contributed by atoms with Gasteiger partial charge in [-0.1, -0.05) is 121 Å².